The van der Waals surface area contributed by atoms with E-state index < -0.39 is 0 Å². The van der Waals surface area contributed by atoms with Crippen LogP contribution in [0.15, 0.2) is 36.4 Å². The molecule has 0 spiro atoms. The molecule has 0 saturated carbocycles. The molecule has 1 aliphatic heterocycles. The van der Waals surface area contributed by atoms with Gasteiger partial charge in [-0.15, -0.1) is 0 Å². The highest BCUT2D eigenvalue weighted by molar-refractivity contribution is 6.13. The molecule has 0 bridgehead atoms. The highest BCUT2D eigenvalue weighted by Crippen LogP contribution is 2.46. The summed E-state index contributed by atoms with van der Waals surface area (Å²) in [6.45, 7) is 2.13. The summed E-state index contributed by atoms with van der Waals surface area (Å²) in [5.41, 5.74) is 4.41. The fraction of sp³-hybridized carbons (Fsp3) is 0.182. The first-order chi connectivity index (χ1) is 13.1. The Labute approximate surface area is 156 Å². The minimum Gasteiger partial charge on any atom is -0.496 e. The van der Waals surface area contributed by atoms with Gasteiger partial charge in [0.15, 0.2) is 0 Å². The Kier molecular flexibility index (Phi) is 3.97. The highest BCUT2D eigenvalue weighted by Gasteiger charge is 2.32. The molecular weight excluding hydrogens is 342 g/mol. The fourth-order valence-corrected chi connectivity index (χ4v) is 3.68. The predicted octanol–water partition coefficient (Wildman–Crippen LogP) is 4.37. The first-order valence-corrected chi connectivity index (χ1v) is 8.47. The van der Waals surface area contributed by atoms with Crippen LogP contribution in [0.5, 0.6) is 11.5 Å². The van der Waals surface area contributed by atoms with Gasteiger partial charge in [-0.2, -0.15) is 5.26 Å². The summed E-state index contributed by atoms with van der Waals surface area (Å²) in [5.74, 6) is 1.01. The van der Waals surface area contributed by atoms with Crippen LogP contribution in [0.3, 0.4) is 0 Å². The Hall–Kier alpha value is -3.52. The average Bonchev–Trinajstić information content (AvgIpc) is 3.07. The Morgan fingerprint density at radius 3 is 2.41 bits per heavy atom. The number of fused-ring (bicyclic) bond motifs is 2. The molecule has 27 heavy (non-hydrogen) atoms. The second-order valence-electron chi connectivity index (χ2n) is 6.39. The van der Waals surface area contributed by atoms with Crippen molar-refractivity contribution in [1.82, 2.24) is 0 Å². The molecule has 1 aliphatic rings. The molecule has 0 aromatic heterocycles. The number of nitrogens with zero attached hydrogens (tertiary/aromatic N) is 1. The van der Waals surface area contributed by atoms with E-state index in [-0.39, 0.29) is 12.6 Å². The SMILES string of the molecule is COc1cc2c(OC)c3c(c(-c4ccc(C#N)cc4)c2cc1C)C(=O)OC3. The molecule has 134 valence electrons. The van der Waals surface area contributed by atoms with E-state index >= 15 is 0 Å². The number of hydrogen-bond acceptors (Lipinski definition) is 5. The number of cyclic esters (lactones) is 1. The van der Waals surface area contributed by atoms with Gasteiger partial charge in [0.25, 0.3) is 0 Å². The summed E-state index contributed by atoms with van der Waals surface area (Å²) in [4.78, 5) is 12.5. The van der Waals surface area contributed by atoms with Crippen LogP contribution >= 0.6 is 0 Å². The van der Waals surface area contributed by atoms with E-state index in [0.717, 1.165) is 38.8 Å². The maximum atomic E-state index is 12.5. The molecule has 1 heterocycles. The van der Waals surface area contributed by atoms with Crippen molar-refractivity contribution in [3.05, 3.63) is 58.7 Å². The van der Waals surface area contributed by atoms with E-state index in [4.69, 9.17) is 19.5 Å². The standard InChI is InChI=1S/C22H17NO4/c1-12-8-15-16(9-18(12)25-2)21(26-3)17-11-27-22(24)20(17)19(15)14-6-4-13(10-23)5-7-14/h4-9H,11H2,1-3H3. The lowest BCUT2D eigenvalue weighted by molar-refractivity contribution is 0.0535. The van der Waals surface area contributed by atoms with Crippen molar-refractivity contribution in [1.29, 1.82) is 5.26 Å². The van der Waals surface area contributed by atoms with Crippen LogP contribution in [0.4, 0.5) is 0 Å². The Morgan fingerprint density at radius 2 is 1.78 bits per heavy atom. The Balaban J connectivity index is 2.16. The number of methoxy groups -OCH3 is 2. The molecule has 0 saturated heterocycles. The lowest BCUT2D eigenvalue weighted by Crippen LogP contribution is -2.02. The summed E-state index contributed by atoms with van der Waals surface area (Å²) in [7, 11) is 3.22. The third-order valence-electron chi connectivity index (χ3n) is 4.93. The van der Waals surface area contributed by atoms with Crippen LogP contribution < -0.4 is 9.47 Å². The number of nitriles is 1. The molecule has 0 radical (unpaired) electrons. The number of hydrogen-bond donors (Lipinski definition) is 0. The molecule has 3 aromatic carbocycles. The van der Waals surface area contributed by atoms with Gasteiger partial charge >= 0.3 is 5.97 Å². The van der Waals surface area contributed by atoms with E-state index in [1.54, 1.807) is 26.4 Å². The largest absolute Gasteiger partial charge is 0.496 e. The zero-order valence-corrected chi connectivity index (χ0v) is 15.3. The van der Waals surface area contributed by atoms with Gasteiger partial charge in [-0.05, 0) is 47.7 Å². The summed E-state index contributed by atoms with van der Waals surface area (Å²) >= 11 is 0. The first kappa shape index (κ1) is 16.9. The number of benzene rings is 3. The van der Waals surface area contributed by atoms with E-state index in [1.807, 2.05) is 31.2 Å². The van der Waals surface area contributed by atoms with Crippen LogP contribution in [-0.2, 0) is 11.3 Å². The predicted molar refractivity (Wildman–Crippen MR) is 101 cm³/mol. The molecular formula is C22H17NO4. The Morgan fingerprint density at radius 1 is 1.04 bits per heavy atom. The molecule has 3 aromatic rings. The molecule has 0 atom stereocenters. The van der Waals surface area contributed by atoms with Crippen LogP contribution in [0, 0.1) is 18.3 Å². The van der Waals surface area contributed by atoms with Crippen molar-refractivity contribution in [3.8, 4) is 28.7 Å². The van der Waals surface area contributed by atoms with Crippen molar-refractivity contribution in [2.75, 3.05) is 14.2 Å². The molecule has 0 amide bonds. The topological polar surface area (TPSA) is 68.5 Å². The van der Waals surface area contributed by atoms with E-state index in [0.29, 0.717) is 16.9 Å². The van der Waals surface area contributed by atoms with Gasteiger partial charge in [-0.3, -0.25) is 0 Å². The van der Waals surface area contributed by atoms with E-state index in [2.05, 4.69) is 6.07 Å². The first-order valence-electron chi connectivity index (χ1n) is 8.47. The fourth-order valence-electron chi connectivity index (χ4n) is 3.68. The van der Waals surface area contributed by atoms with Crippen molar-refractivity contribution in [3.63, 3.8) is 0 Å². The molecule has 4 rings (SSSR count). The number of esters is 1. The summed E-state index contributed by atoms with van der Waals surface area (Å²) in [6, 6.07) is 13.2. The molecule has 0 aliphatic carbocycles. The number of carbonyl (C=O) groups excluding carboxylic acids is 1. The van der Waals surface area contributed by atoms with Gasteiger partial charge in [0, 0.05) is 16.5 Å². The second kappa shape index (κ2) is 6.33. The summed E-state index contributed by atoms with van der Waals surface area (Å²) in [6.07, 6.45) is 0. The smallest absolute Gasteiger partial charge is 0.339 e. The van der Waals surface area contributed by atoms with E-state index in [9.17, 15) is 4.79 Å². The van der Waals surface area contributed by atoms with Crippen LogP contribution in [0.2, 0.25) is 0 Å². The summed E-state index contributed by atoms with van der Waals surface area (Å²) in [5, 5.41) is 10.8. The lowest BCUT2D eigenvalue weighted by atomic mass is 9.88. The van der Waals surface area contributed by atoms with Crippen molar-refractivity contribution >= 4 is 16.7 Å². The zero-order valence-electron chi connectivity index (χ0n) is 15.3. The maximum absolute atomic E-state index is 12.5. The van der Waals surface area contributed by atoms with Crippen molar-refractivity contribution < 1.29 is 19.0 Å². The van der Waals surface area contributed by atoms with Gasteiger partial charge in [0.1, 0.15) is 18.1 Å². The molecule has 0 unspecified atom stereocenters. The van der Waals surface area contributed by atoms with Crippen molar-refractivity contribution in [2.45, 2.75) is 13.5 Å². The third kappa shape index (κ3) is 2.49. The van der Waals surface area contributed by atoms with Crippen LogP contribution in [0.1, 0.15) is 27.0 Å². The van der Waals surface area contributed by atoms with Crippen LogP contribution in [0.25, 0.3) is 21.9 Å². The average molecular weight is 359 g/mol. The minimum atomic E-state index is -0.363. The minimum absolute atomic E-state index is 0.173. The lowest BCUT2D eigenvalue weighted by Gasteiger charge is -2.17. The quantitative estimate of drug-likeness (QED) is 0.649. The Bertz CT molecular complexity index is 1120. The molecule has 5 heteroatoms. The third-order valence-corrected chi connectivity index (χ3v) is 4.93. The number of rotatable bonds is 3. The maximum Gasteiger partial charge on any atom is 0.339 e. The van der Waals surface area contributed by atoms with Gasteiger partial charge < -0.3 is 14.2 Å². The summed E-state index contributed by atoms with van der Waals surface area (Å²) < 4.78 is 16.5. The molecule has 5 nitrogen and oxygen atoms in total. The van der Waals surface area contributed by atoms with Crippen molar-refractivity contribution in [2.24, 2.45) is 0 Å². The molecule has 0 N–H and O–H groups in total. The zero-order chi connectivity index (χ0) is 19.1. The van der Waals surface area contributed by atoms with Gasteiger partial charge in [-0.25, -0.2) is 4.79 Å². The van der Waals surface area contributed by atoms with Gasteiger partial charge in [0.05, 0.1) is 31.4 Å². The van der Waals surface area contributed by atoms with Crippen LogP contribution in [-0.4, -0.2) is 20.2 Å². The molecule has 0 fully saturated rings. The highest BCUT2D eigenvalue weighted by atomic mass is 16.5. The number of ether oxygens (including phenoxy) is 3. The van der Waals surface area contributed by atoms with Gasteiger partial charge in [-0.1, -0.05) is 12.1 Å². The van der Waals surface area contributed by atoms with E-state index in [1.165, 1.54) is 0 Å². The number of carbonyl (C=O) groups is 1. The van der Waals surface area contributed by atoms with Gasteiger partial charge in [0.2, 0.25) is 0 Å². The normalized spacial score (nSPS) is 12.4. The number of aryl methyl sites for hydroxylation is 1. The monoisotopic (exact) mass is 359 g/mol. The second-order valence-corrected chi connectivity index (χ2v) is 6.39.